The number of rotatable bonds is 5. The van der Waals surface area contributed by atoms with Crippen LogP contribution < -0.4 is 16.6 Å². The summed E-state index contributed by atoms with van der Waals surface area (Å²) in [4.78, 5) is 15.9. The Morgan fingerprint density at radius 3 is 2.86 bits per heavy atom. The molecule has 0 atom stereocenters. The van der Waals surface area contributed by atoms with E-state index in [1.165, 1.54) is 24.3 Å². The number of amides is 1. The first-order valence-electron chi connectivity index (χ1n) is 6.25. The molecule has 0 aliphatic carbocycles. The number of aromatic nitrogens is 1. The standard InChI is InChI=1S/C14H14ClFN4O/c15-12-7-10(8-13(19-12)20-17)14(21)18-5-4-9-2-1-3-11(16)6-9/h1-3,6-8H,4-5,17H2,(H,18,21)(H,19,20). The molecule has 1 amide bonds. The maximum atomic E-state index is 13.0. The molecular formula is C14H14ClFN4O. The topological polar surface area (TPSA) is 80.0 Å². The summed E-state index contributed by atoms with van der Waals surface area (Å²) in [7, 11) is 0. The van der Waals surface area contributed by atoms with Gasteiger partial charge in [0.1, 0.15) is 16.8 Å². The van der Waals surface area contributed by atoms with Crippen molar-refractivity contribution in [1.29, 1.82) is 0 Å². The van der Waals surface area contributed by atoms with E-state index in [-0.39, 0.29) is 16.9 Å². The highest BCUT2D eigenvalue weighted by Crippen LogP contribution is 2.13. The van der Waals surface area contributed by atoms with Crippen LogP contribution in [0, 0.1) is 5.82 Å². The molecule has 4 N–H and O–H groups in total. The smallest absolute Gasteiger partial charge is 0.251 e. The third-order valence-electron chi connectivity index (χ3n) is 2.79. The summed E-state index contributed by atoms with van der Waals surface area (Å²) in [5.74, 6) is 4.95. The van der Waals surface area contributed by atoms with Crippen molar-refractivity contribution >= 4 is 23.3 Å². The molecule has 1 heterocycles. The number of hydrazine groups is 1. The van der Waals surface area contributed by atoms with Gasteiger partial charge in [0.15, 0.2) is 0 Å². The molecule has 2 rings (SSSR count). The predicted octanol–water partition coefficient (Wildman–Crippen LogP) is 2.13. The first-order chi connectivity index (χ1) is 10.1. The number of carbonyl (C=O) groups excluding carboxylic acids is 1. The number of nitrogens with two attached hydrogens (primary N) is 1. The number of nitrogens with one attached hydrogen (secondary N) is 2. The van der Waals surface area contributed by atoms with Crippen LogP contribution in [0.15, 0.2) is 36.4 Å². The fraction of sp³-hybridized carbons (Fsp3) is 0.143. The molecule has 0 fully saturated rings. The van der Waals surface area contributed by atoms with Gasteiger partial charge in [-0.1, -0.05) is 23.7 Å². The fourth-order valence-corrected chi connectivity index (χ4v) is 2.03. The number of benzene rings is 1. The zero-order valence-electron chi connectivity index (χ0n) is 11.1. The van der Waals surface area contributed by atoms with Gasteiger partial charge in [0.2, 0.25) is 0 Å². The Morgan fingerprint density at radius 1 is 1.33 bits per heavy atom. The molecule has 0 unspecified atom stereocenters. The Kier molecular flexibility index (Phi) is 5.08. The van der Waals surface area contributed by atoms with Gasteiger partial charge in [-0.15, -0.1) is 0 Å². The number of pyridine rings is 1. The largest absolute Gasteiger partial charge is 0.352 e. The third-order valence-corrected chi connectivity index (χ3v) is 2.99. The van der Waals surface area contributed by atoms with Crippen LogP contribution in [0.2, 0.25) is 5.15 Å². The summed E-state index contributed by atoms with van der Waals surface area (Å²) in [6, 6.07) is 9.18. The van der Waals surface area contributed by atoms with E-state index in [2.05, 4.69) is 15.7 Å². The molecule has 110 valence electrons. The van der Waals surface area contributed by atoms with Crippen LogP contribution in [0.1, 0.15) is 15.9 Å². The number of carbonyl (C=O) groups is 1. The molecule has 0 bridgehead atoms. The second-order valence-electron chi connectivity index (χ2n) is 4.34. The second kappa shape index (κ2) is 7.01. The lowest BCUT2D eigenvalue weighted by atomic mass is 10.1. The van der Waals surface area contributed by atoms with Crippen LogP contribution in [0.4, 0.5) is 10.2 Å². The molecule has 0 saturated carbocycles. The summed E-state index contributed by atoms with van der Waals surface area (Å²) in [5, 5.41) is 2.90. The lowest BCUT2D eigenvalue weighted by molar-refractivity contribution is 0.0954. The predicted molar refractivity (Wildman–Crippen MR) is 79.5 cm³/mol. The minimum Gasteiger partial charge on any atom is -0.352 e. The fourth-order valence-electron chi connectivity index (χ4n) is 1.82. The van der Waals surface area contributed by atoms with Crippen molar-refractivity contribution in [3.8, 4) is 0 Å². The van der Waals surface area contributed by atoms with Crippen LogP contribution in [-0.4, -0.2) is 17.4 Å². The van der Waals surface area contributed by atoms with Crippen molar-refractivity contribution in [3.63, 3.8) is 0 Å². The van der Waals surface area contributed by atoms with Crippen LogP contribution in [0.5, 0.6) is 0 Å². The highest BCUT2D eigenvalue weighted by molar-refractivity contribution is 6.29. The molecule has 1 aromatic heterocycles. The van der Waals surface area contributed by atoms with Crippen molar-refractivity contribution in [1.82, 2.24) is 10.3 Å². The van der Waals surface area contributed by atoms with E-state index in [9.17, 15) is 9.18 Å². The molecule has 7 heteroatoms. The maximum Gasteiger partial charge on any atom is 0.251 e. The third kappa shape index (κ3) is 4.40. The lowest BCUT2D eigenvalue weighted by Gasteiger charge is -2.07. The Balaban J connectivity index is 1.94. The van der Waals surface area contributed by atoms with Gasteiger partial charge in [-0.2, -0.15) is 0 Å². The van der Waals surface area contributed by atoms with Crippen LogP contribution in [0.25, 0.3) is 0 Å². The number of halogens is 2. The monoisotopic (exact) mass is 308 g/mol. The van der Waals surface area contributed by atoms with E-state index < -0.39 is 0 Å². The van der Waals surface area contributed by atoms with Crippen molar-refractivity contribution in [2.24, 2.45) is 5.84 Å². The molecule has 1 aromatic carbocycles. The zero-order chi connectivity index (χ0) is 15.2. The average Bonchev–Trinajstić information content (AvgIpc) is 2.46. The number of hydrogen-bond donors (Lipinski definition) is 3. The summed E-state index contributed by atoms with van der Waals surface area (Å²) < 4.78 is 13.0. The minimum absolute atomic E-state index is 0.167. The summed E-state index contributed by atoms with van der Waals surface area (Å²) in [5.41, 5.74) is 3.50. The van der Waals surface area contributed by atoms with Gasteiger partial charge < -0.3 is 10.7 Å². The Hall–Kier alpha value is -2.18. The SMILES string of the molecule is NNc1cc(C(=O)NCCc2cccc(F)c2)cc(Cl)n1. The molecular weight excluding hydrogens is 295 g/mol. The van der Waals surface area contributed by atoms with Gasteiger partial charge in [0.05, 0.1) is 0 Å². The van der Waals surface area contributed by atoms with Crippen molar-refractivity contribution in [3.05, 3.63) is 58.5 Å². The second-order valence-corrected chi connectivity index (χ2v) is 4.73. The molecule has 0 radical (unpaired) electrons. The highest BCUT2D eigenvalue weighted by Gasteiger charge is 2.08. The number of anilines is 1. The maximum absolute atomic E-state index is 13.0. The van der Waals surface area contributed by atoms with E-state index in [1.807, 2.05) is 0 Å². The summed E-state index contributed by atoms with van der Waals surface area (Å²) >= 11 is 5.79. The lowest BCUT2D eigenvalue weighted by Crippen LogP contribution is -2.26. The molecule has 5 nitrogen and oxygen atoms in total. The number of nitrogen functional groups attached to an aromatic ring is 1. The molecule has 0 aliphatic heterocycles. The van der Waals surface area contributed by atoms with Gasteiger partial charge in [0, 0.05) is 12.1 Å². The quantitative estimate of drug-likeness (QED) is 0.449. The molecule has 0 saturated heterocycles. The van der Waals surface area contributed by atoms with Crippen LogP contribution in [-0.2, 0) is 6.42 Å². The first-order valence-corrected chi connectivity index (χ1v) is 6.63. The highest BCUT2D eigenvalue weighted by atomic mass is 35.5. The van der Waals surface area contributed by atoms with Gasteiger partial charge in [-0.05, 0) is 36.2 Å². The Labute approximate surface area is 126 Å². The first kappa shape index (κ1) is 15.2. The van der Waals surface area contributed by atoms with Gasteiger partial charge in [-0.3, -0.25) is 4.79 Å². The van der Waals surface area contributed by atoms with Gasteiger partial charge in [0.25, 0.3) is 5.91 Å². The van der Waals surface area contributed by atoms with Crippen LogP contribution >= 0.6 is 11.6 Å². The molecule has 2 aromatic rings. The van der Waals surface area contributed by atoms with E-state index in [4.69, 9.17) is 17.4 Å². The van der Waals surface area contributed by atoms with Crippen LogP contribution in [0.3, 0.4) is 0 Å². The zero-order valence-corrected chi connectivity index (χ0v) is 11.8. The summed E-state index contributed by atoms with van der Waals surface area (Å²) in [6.45, 7) is 0.383. The summed E-state index contributed by atoms with van der Waals surface area (Å²) in [6.07, 6.45) is 0.532. The number of nitrogens with zero attached hydrogens (tertiary/aromatic N) is 1. The Bertz CT molecular complexity index is 651. The molecule has 0 aliphatic rings. The van der Waals surface area contributed by atoms with Gasteiger partial charge >= 0.3 is 0 Å². The molecule has 21 heavy (non-hydrogen) atoms. The minimum atomic E-state index is -0.299. The Morgan fingerprint density at radius 2 is 2.14 bits per heavy atom. The van der Waals surface area contributed by atoms with Crippen molar-refractivity contribution in [2.45, 2.75) is 6.42 Å². The number of hydrogen-bond acceptors (Lipinski definition) is 4. The van der Waals surface area contributed by atoms with E-state index in [0.29, 0.717) is 24.3 Å². The molecule has 0 spiro atoms. The van der Waals surface area contributed by atoms with Gasteiger partial charge in [-0.25, -0.2) is 15.2 Å². The van der Waals surface area contributed by atoms with E-state index >= 15 is 0 Å². The van der Waals surface area contributed by atoms with Crippen molar-refractivity contribution in [2.75, 3.05) is 12.0 Å². The average molecular weight is 309 g/mol. The van der Waals surface area contributed by atoms with E-state index in [1.54, 1.807) is 12.1 Å². The van der Waals surface area contributed by atoms with Crippen molar-refractivity contribution < 1.29 is 9.18 Å². The van der Waals surface area contributed by atoms with E-state index in [0.717, 1.165) is 5.56 Å². The normalized spacial score (nSPS) is 10.2.